The van der Waals surface area contributed by atoms with E-state index in [-0.39, 0.29) is 17.7 Å². The number of nitrogens with zero attached hydrogens (tertiary/aromatic N) is 3. The molecule has 4 rings (SSSR count). The fraction of sp³-hybridized carbons (Fsp3) is 0.100. The molecule has 0 aliphatic rings. The number of aromatic nitrogens is 3. The number of hydrogen-bond donors (Lipinski definition) is 1. The number of benzene rings is 2. The van der Waals surface area contributed by atoms with Crippen LogP contribution < -0.4 is 15.6 Å². The number of ether oxygens (including phenoxy) is 1. The Morgan fingerprint density at radius 3 is 2.76 bits per heavy atom. The van der Waals surface area contributed by atoms with E-state index < -0.39 is 11.7 Å². The Hall–Kier alpha value is -3.59. The molecule has 1 N–H and O–H groups in total. The fourth-order valence-corrected chi connectivity index (χ4v) is 3.42. The van der Waals surface area contributed by atoms with Crippen LogP contribution in [0.3, 0.4) is 0 Å². The molecule has 0 fully saturated rings. The number of hydrogen-bond acceptors (Lipinski definition) is 6. The van der Waals surface area contributed by atoms with Gasteiger partial charge in [0, 0.05) is 17.3 Å². The summed E-state index contributed by atoms with van der Waals surface area (Å²) in [4.78, 5) is 29.1. The minimum atomic E-state index is -0.471. The Bertz CT molecular complexity index is 1250. The van der Waals surface area contributed by atoms with Crippen molar-refractivity contribution in [2.45, 2.75) is 13.5 Å². The first-order chi connectivity index (χ1) is 14.0. The molecule has 0 radical (unpaired) electrons. The Morgan fingerprint density at radius 2 is 2.00 bits per heavy atom. The van der Waals surface area contributed by atoms with Crippen LogP contribution in [-0.4, -0.2) is 20.5 Å². The highest BCUT2D eigenvalue weighted by atomic mass is 32.1. The molecule has 0 aliphatic heterocycles. The van der Waals surface area contributed by atoms with E-state index in [9.17, 15) is 14.0 Å². The van der Waals surface area contributed by atoms with Gasteiger partial charge < -0.3 is 10.1 Å². The van der Waals surface area contributed by atoms with Gasteiger partial charge in [0.05, 0.1) is 5.69 Å². The second-order valence-corrected chi connectivity index (χ2v) is 7.34. The molecule has 0 spiro atoms. The first-order valence-corrected chi connectivity index (χ1v) is 9.46. The molecule has 2 aromatic carbocycles. The van der Waals surface area contributed by atoms with Crippen molar-refractivity contribution < 1.29 is 13.9 Å². The lowest BCUT2D eigenvalue weighted by Crippen LogP contribution is -2.16. The molecule has 0 saturated carbocycles. The number of nitrogens with one attached hydrogen (secondary N) is 1. The standard InChI is InChI=1S/C20H15FN4O3S/c1-12-24-25-18(26)10-16(23-20(25)29-12)11-28-17-7-5-15(6-8-17)22-19(27)13-3-2-4-14(21)9-13/h2-10H,11H2,1H3,(H,22,27). The van der Waals surface area contributed by atoms with E-state index >= 15 is 0 Å². The summed E-state index contributed by atoms with van der Waals surface area (Å²) in [6, 6.07) is 13.6. The number of carbonyl (C=O) groups is 1. The quantitative estimate of drug-likeness (QED) is 0.545. The molecule has 146 valence electrons. The van der Waals surface area contributed by atoms with Crippen LogP contribution in [0.15, 0.2) is 59.4 Å². The molecule has 7 nitrogen and oxygen atoms in total. The van der Waals surface area contributed by atoms with Gasteiger partial charge in [0.1, 0.15) is 23.2 Å². The van der Waals surface area contributed by atoms with Crippen molar-refractivity contribution in [2.24, 2.45) is 0 Å². The summed E-state index contributed by atoms with van der Waals surface area (Å²) in [7, 11) is 0. The monoisotopic (exact) mass is 410 g/mol. The van der Waals surface area contributed by atoms with E-state index in [1.165, 1.54) is 46.2 Å². The third kappa shape index (κ3) is 4.30. The molecule has 0 saturated heterocycles. The zero-order valence-electron chi connectivity index (χ0n) is 15.3. The Balaban J connectivity index is 1.41. The van der Waals surface area contributed by atoms with E-state index in [0.717, 1.165) is 5.01 Å². The number of amides is 1. The molecule has 29 heavy (non-hydrogen) atoms. The molecule has 0 bridgehead atoms. The van der Waals surface area contributed by atoms with Gasteiger partial charge >= 0.3 is 0 Å². The molecule has 2 heterocycles. The van der Waals surface area contributed by atoms with E-state index in [2.05, 4.69) is 15.4 Å². The van der Waals surface area contributed by atoms with E-state index in [1.54, 1.807) is 24.3 Å². The van der Waals surface area contributed by atoms with Crippen LogP contribution in [0.5, 0.6) is 5.75 Å². The van der Waals surface area contributed by atoms with E-state index in [0.29, 0.717) is 22.1 Å². The Morgan fingerprint density at radius 1 is 1.21 bits per heavy atom. The maximum absolute atomic E-state index is 13.2. The van der Waals surface area contributed by atoms with E-state index in [4.69, 9.17) is 4.74 Å². The topological polar surface area (TPSA) is 85.6 Å². The van der Waals surface area contributed by atoms with E-state index in [1.807, 2.05) is 6.92 Å². The number of rotatable bonds is 5. The average molecular weight is 410 g/mol. The maximum Gasteiger partial charge on any atom is 0.275 e. The third-order valence-electron chi connectivity index (χ3n) is 3.98. The number of fused-ring (bicyclic) bond motifs is 1. The van der Waals surface area contributed by atoms with Gasteiger partial charge in [-0.05, 0) is 49.4 Å². The molecular formula is C20H15FN4O3S. The van der Waals surface area contributed by atoms with Crippen molar-refractivity contribution in [3.63, 3.8) is 0 Å². The van der Waals surface area contributed by atoms with Gasteiger partial charge in [0.2, 0.25) is 4.96 Å². The molecular weight excluding hydrogens is 395 g/mol. The first kappa shape index (κ1) is 18.8. The normalized spacial score (nSPS) is 10.8. The Labute approximate surface area is 168 Å². The van der Waals surface area contributed by atoms with Gasteiger partial charge in [-0.1, -0.05) is 17.4 Å². The Kier molecular flexibility index (Phi) is 5.05. The summed E-state index contributed by atoms with van der Waals surface area (Å²) >= 11 is 1.33. The highest BCUT2D eigenvalue weighted by Gasteiger charge is 2.09. The van der Waals surface area contributed by atoms with Gasteiger partial charge in [-0.2, -0.15) is 9.61 Å². The lowest BCUT2D eigenvalue weighted by Gasteiger charge is -2.08. The maximum atomic E-state index is 13.2. The van der Waals surface area contributed by atoms with Crippen molar-refractivity contribution >= 4 is 27.9 Å². The zero-order chi connectivity index (χ0) is 20.4. The molecule has 9 heteroatoms. The van der Waals surface area contributed by atoms with Gasteiger partial charge in [-0.3, -0.25) is 9.59 Å². The predicted molar refractivity (Wildman–Crippen MR) is 107 cm³/mol. The van der Waals surface area contributed by atoms with Gasteiger partial charge in [-0.15, -0.1) is 0 Å². The molecule has 4 aromatic rings. The number of carbonyl (C=O) groups excluding carboxylic acids is 1. The van der Waals surface area contributed by atoms with Crippen LogP contribution in [0.2, 0.25) is 0 Å². The minimum Gasteiger partial charge on any atom is -0.487 e. The second kappa shape index (κ2) is 7.80. The number of halogens is 1. The van der Waals surface area contributed by atoms with Gasteiger partial charge in [-0.25, -0.2) is 9.37 Å². The van der Waals surface area contributed by atoms with Gasteiger partial charge in [0.25, 0.3) is 11.5 Å². The van der Waals surface area contributed by atoms with Crippen molar-refractivity contribution in [2.75, 3.05) is 5.32 Å². The highest BCUT2D eigenvalue weighted by Crippen LogP contribution is 2.18. The zero-order valence-corrected chi connectivity index (χ0v) is 16.1. The van der Waals surface area contributed by atoms with Crippen LogP contribution in [-0.2, 0) is 6.61 Å². The smallest absolute Gasteiger partial charge is 0.275 e. The van der Waals surface area contributed by atoms with Crippen molar-refractivity contribution in [1.29, 1.82) is 0 Å². The van der Waals surface area contributed by atoms with Crippen molar-refractivity contribution in [3.05, 3.63) is 87.0 Å². The summed E-state index contributed by atoms with van der Waals surface area (Å²) < 4.78 is 20.2. The fourth-order valence-electron chi connectivity index (χ4n) is 2.65. The van der Waals surface area contributed by atoms with Crippen LogP contribution >= 0.6 is 11.3 Å². The molecule has 0 aliphatic carbocycles. The number of anilines is 1. The summed E-state index contributed by atoms with van der Waals surface area (Å²) in [6.07, 6.45) is 0. The van der Waals surface area contributed by atoms with Crippen LogP contribution in [0.4, 0.5) is 10.1 Å². The summed E-state index contributed by atoms with van der Waals surface area (Å²) in [5.41, 5.74) is 1.02. The summed E-state index contributed by atoms with van der Waals surface area (Å²) in [5.74, 6) is -0.325. The average Bonchev–Trinajstić information content (AvgIpc) is 3.08. The predicted octanol–water partition coefficient (Wildman–Crippen LogP) is 3.43. The summed E-state index contributed by atoms with van der Waals surface area (Å²) in [6.45, 7) is 1.93. The van der Waals surface area contributed by atoms with Crippen LogP contribution in [0.25, 0.3) is 4.96 Å². The lowest BCUT2D eigenvalue weighted by atomic mass is 10.2. The lowest BCUT2D eigenvalue weighted by molar-refractivity contribution is 0.102. The van der Waals surface area contributed by atoms with Crippen LogP contribution in [0, 0.1) is 12.7 Å². The third-order valence-corrected chi connectivity index (χ3v) is 4.81. The van der Waals surface area contributed by atoms with Crippen LogP contribution in [0.1, 0.15) is 21.1 Å². The molecule has 0 atom stereocenters. The molecule has 2 aromatic heterocycles. The highest BCUT2D eigenvalue weighted by molar-refractivity contribution is 7.16. The van der Waals surface area contributed by atoms with Crippen molar-refractivity contribution in [3.8, 4) is 5.75 Å². The largest absolute Gasteiger partial charge is 0.487 e. The van der Waals surface area contributed by atoms with Gasteiger partial charge in [0.15, 0.2) is 0 Å². The first-order valence-electron chi connectivity index (χ1n) is 8.64. The number of aryl methyl sites for hydroxylation is 1. The summed E-state index contributed by atoms with van der Waals surface area (Å²) in [5, 5.41) is 7.54. The SMILES string of the molecule is Cc1nn2c(=O)cc(COc3ccc(NC(=O)c4cccc(F)c4)cc3)nc2s1. The van der Waals surface area contributed by atoms with Crippen molar-refractivity contribution in [1.82, 2.24) is 14.6 Å². The second-order valence-electron chi connectivity index (χ2n) is 6.18. The molecule has 1 amide bonds. The minimum absolute atomic E-state index is 0.123. The molecule has 0 unspecified atom stereocenters.